The van der Waals surface area contributed by atoms with E-state index in [0.29, 0.717) is 0 Å². The average molecular weight is 882 g/mol. The van der Waals surface area contributed by atoms with Crippen LogP contribution in [-0.2, 0) is 42.2 Å². The van der Waals surface area contributed by atoms with Gasteiger partial charge in [0.1, 0.15) is 0 Å². The first kappa shape index (κ1) is 60.9. The van der Waals surface area contributed by atoms with Crippen LogP contribution in [0, 0.1) is 13.8 Å². The van der Waals surface area contributed by atoms with Crippen molar-refractivity contribution in [2.75, 3.05) is 0 Å². The minimum Gasteiger partial charge on any atom is -0.348 e. The molecule has 2 aromatic rings. The van der Waals surface area contributed by atoms with Crippen LogP contribution in [0.15, 0.2) is 47.5 Å². The van der Waals surface area contributed by atoms with Crippen molar-refractivity contribution >= 4 is 11.4 Å². The third kappa shape index (κ3) is 30.5. The number of hydrogen-bond donors (Lipinski definition) is 0. The Morgan fingerprint density at radius 1 is 0.426 bits per heavy atom. The predicted octanol–water partition coefficient (Wildman–Crippen LogP) is 19.2. The zero-order chi connectivity index (χ0) is 44.5. The van der Waals surface area contributed by atoms with Crippen LogP contribution in [0.25, 0.3) is 11.1 Å². The van der Waals surface area contributed by atoms with Crippen molar-refractivity contribution < 1.29 is 21.3 Å². The van der Waals surface area contributed by atoms with Crippen molar-refractivity contribution in [1.82, 2.24) is 0 Å². The molecule has 0 saturated carbocycles. The van der Waals surface area contributed by atoms with E-state index in [0.717, 1.165) is 82.6 Å². The molecule has 0 radical (unpaired) electrons. The Balaban J connectivity index is 0. The van der Waals surface area contributed by atoms with Gasteiger partial charge in [0.05, 0.1) is 5.57 Å². The molecule has 0 atom stereocenters. The quantitative estimate of drug-likeness (QED) is 0.0130. The summed E-state index contributed by atoms with van der Waals surface area (Å²) in [7, 11) is 0. The fraction of sp³-hybridized carbons (Fsp3) is 0.690. The van der Waals surface area contributed by atoms with E-state index in [-0.39, 0.29) is 16.5 Å². The van der Waals surface area contributed by atoms with E-state index >= 15 is 0 Å². The molecule has 3 heteroatoms. The number of allylic oxidation sites excluding steroid dienone is 2. The molecular weight excluding hydrogens is 783 g/mol. The molecule has 0 unspecified atom stereocenters. The van der Waals surface area contributed by atoms with Gasteiger partial charge in [0, 0.05) is 0 Å². The first-order valence-corrected chi connectivity index (χ1v) is 25.9. The second-order valence-corrected chi connectivity index (χ2v) is 17.5. The zero-order valence-corrected chi connectivity index (χ0v) is 42.7. The maximum absolute atomic E-state index is 9.97. The van der Waals surface area contributed by atoms with Crippen LogP contribution >= 0.6 is 0 Å². The third-order valence-electron chi connectivity index (χ3n) is 11.6. The van der Waals surface area contributed by atoms with Crippen LogP contribution in [0.3, 0.4) is 0 Å². The van der Waals surface area contributed by atoms with Gasteiger partial charge in [-0.05, 0) is 122 Å². The minimum atomic E-state index is 0. The summed E-state index contributed by atoms with van der Waals surface area (Å²) in [5.41, 5.74) is 22.5. The van der Waals surface area contributed by atoms with Gasteiger partial charge < -0.3 is 19.4 Å². The smallest absolute Gasteiger partial charge is 0.348 e. The maximum Gasteiger partial charge on any atom is 2.00 e. The molecule has 61 heavy (non-hydrogen) atoms. The maximum atomic E-state index is 9.97. The average Bonchev–Trinajstić information content (AvgIpc) is 3.26. The fourth-order valence-corrected chi connectivity index (χ4v) is 7.75. The van der Waals surface area contributed by atoms with Gasteiger partial charge in [-0.15, -0.1) is 4.79 Å². The van der Waals surface area contributed by atoms with E-state index in [1.54, 1.807) is 0 Å². The summed E-state index contributed by atoms with van der Waals surface area (Å²) in [6.07, 6.45) is 38.9. The summed E-state index contributed by atoms with van der Waals surface area (Å²) in [4.78, 5) is 3.58. The van der Waals surface area contributed by atoms with Gasteiger partial charge in [0.2, 0.25) is 0 Å². The van der Waals surface area contributed by atoms with E-state index in [2.05, 4.69) is 116 Å². The number of rotatable bonds is 33. The topological polar surface area (TPSA) is 36.4 Å². The second kappa shape index (κ2) is 44.4. The molecule has 2 nitrogen and oxygen atoms in total. The molecule has 0 spiro atoms. The summed E-state index contributed by atoms with van der Waals surface area (Å²) in [6, 6.07) is 15.2. The molecule has 0 aromatic heterocycles. The van der Waals surface area contributed by atoms with Crippen LogP contribution in [0.5, 0.6) is 0 Å². The van der Waals surface area contributed by atoms with Crippen molar-refractivity contribution in [2.24, 2.45) is 0 Å². The van der Waals surface area contributed by atoms with Crippen molar-refractivity contribution in [3.8, 4) is 0 Å². The molecule has 0 bridgehead atoms. The number of aryl methyl sites for hydroxylation is 4. The predicted molar refractivity (Wildman–Crippen MR) is 271 cm³/mol. The number of hydrogen-bond acceptors (Lipinski definition) is 0. The summed E-state index contributed by atoms with van der Waals surface area (Å²) in [5, 5.41) is 0. The van der Waals surface area contributed by atoms with Crippen molar-refractivity contribution in [2.45, 2.75) is 261 Å². The molecule has 0 fully saturated rings. The Bertz CT molecular complexity index is 1350. The molecule has 0 saturated heterocycles. The van der Waals surface area contributed by atoms with Crippen LogP contribution in [0.2, 0.25) is 0 Å². The summed E-state index contributed by atoms with van der Waals surface area (Å²) < 4.78 is 0. The molecule has 0 aliphatic heterocycles. The standard InChI is InChI=1S/C50H80N2.2C4H9.Ni/c1-7-13-19-21-23-27-31-44-36-45(32-28-24-22-20-14-8-2)40-48(39-44)50(49(34-18-12-6)46(41-52-51)33-17-11-5)47-37-42(29-25-15-9-3)35-43(38-47)30-26-16-10-4;2*1-3-4-2;/h35-40H,7-34H2,1-6H3;2*1,3-4H2,2H3;/q;2*-1;+2. The normalized spacial score (nSPS) is 11.0. The monoisotopic (exact) mass is 881 g/mol. The Morgan fingerprint density at radius 2 is 0.721 bits per heavy atom. The van der Waals surface area contributed by atoms with Crippen LogP contribution in [0.4, 0.5) is 0 Å². The molecule has 0 aliphatic carbocycles. The number of unbranched alkanes of at least 4 members (excludes halogenated alkanes) is 18. The Morgan fingerprint density at radius 3 is 1.05 bits per heavy atom. The molecular formula is C58H98N2Ni. The molecule has 0 amide bonds. The van der Waals surface area contributed by atoms with Crippen molar-refractivity contribution in [3.63, 3.8) is 0 Å². The van der Waals surface area contributed by atoms with Gasteiger partial charge in [-0.1, -0.05) is 207 Å². The Labute approximate surface area is 392 Å². The van der Waals surface area contributed by atoms with E-state index in [1.807, 2.05) is 0 Å². The first-order chi connectivity index (χ1) is 29.4. The molecule has 0 N–H and O–H groups in total. The van der Waals surface area contributed by atoms with Crippen molar-refractivity contribution in [1.29, 1.82) is 0 Å². The van der Waals surface area contributed by atoms with Crippen LogP contribution in [-0.4, -0.2) is 10.7 Å². The van der Waals surface area contributed by atoms with Gasteiger partial charge in [0.15, 0.2) is 0 Å². The van der Waals surface area contributed by atoms with Gasteiger partial charge in [0.25, 0.3) is 0 Å². The van der Waals surface area contributed by atoms with E-state index in [9.17, 15) is 5.53 Å². The van der Waals surface area contributed by atoms with Gasteiger partial charge in [-0.2, -0.15) is 12.8 Å². The Hall–Kier alpha value is -2.17. The molecule has 2 aromatic carbocycles. The third-order valence-corrected chi connectivity index (χ3v) is 11.6. The minimum absolute atomic E-state index is 0. The Kier molecular flexibility index (Phi) is 44.4. The summed E-state index contributed by atoms with van der Waals surface area (Å²) in [5.74, 6) is 3.15. The summed E-state index contributed by atoms with van der Waals surface area (Å²) >= 11 is 0. The molecule has 0 heterocycles. The number of benzene rings is 2. The van der Waals surface area contributed by atoms with Gasteiger partial charge >= 0.3 is 22.4 Å². The number of nitrogens with zero attached hydrogens (tertiary/aromatic N) is 2. The second-order valence-electron chi connectivity index (χ2n) is 17.5. The molecule has 0 aliphatic rings. The first-order valence-electron chi connectivity index (χ1n) is 25.9. The largest absolute Gasteiger partial charge is 2.00 e. The van der Waals surface area contributed by atoms with E-state index in [4.69, 9.17) is 0 Å². The molecule has 2 rings (SSSR count). The fourth-order valence-electron chi connectivity index (χ4n) is 7.75. The van der Waals surface area contributed by atoms with Gasteiger partial charge in [-0.3, -0.25) is 0 Å². The van der Waals surface area contributed by atoms with Gasteiger partial charge in [-0.25, -0.2) is 0 Å². The van der Waals surface area contributed by atoms with E-state index < -0.39 is 0 Å². The van der Waals surface area contributed by atoms with E-state index in [1.165, 1.54) is 173 Å². The zero-order valence-electron chi connectivity index (χ0n) is 41.7. The molecule has 350 valence electrons. The van der Waals surface area contributed by atoms with Crippen LogP contribution in [0.1, 0.15) is 269 Å². The van der Waals surface area contributed by atoms with Crippen molar-refractivity contribution in [3.05, 3.63) is 100 Å². The SMILES string of the molecule is CCCCCCCCc1cc(CCCCCCCC)cc(C(=C(CCCC)C(=C=[N+]=[N-])CCCC)c2cc(CCCCC)cc(CCCCC)c2)c1.[CH2-]CCC.[CH2-]CCC.[Ni+2]. The summed E-state index contributed by atoms with van der Waals surface area (Å²) in [6.45, 7) is 25.2. The van der Waals surface area contributed by atoms with Crippen LogP contribution < -0.4 is 0 Å².